The number of carbonyl (C=O) groups is 2. The molecular formula is C26H32F3N5O3S. The number of halogens is 3. The molecular weight excluding hydrogens is 519 g/mol. The second-order valence-electron chi connectivity index (χ2n) is 11.5. The summed E-state index contributed by atoms with van der Waals surface area (Å²) in [6.07, 6.45) is 2.47. The Hall–Kier alpha value is -2.73. The van der Waals surface area contributed by atoms with E-state index in [4.69, 9.17) is 0 Å². The van der Waals surface area contributed by atoms with E-state index in [0.717, 1.165) is 68.5 Å². The SMILES string of the molecule is CC(C)(O)CNC(=O)c1nc(C(=O)N2[C@H]3CC[C@H]2CC3)c(-c2cnc(NC3(C)CCC3)cc2C(F)(F)F)s1. The fourth-order valence-electron chi connectivity index (χ4n) is 5.56. The summed E-state index contributed by atoms with van der Waals surface area (Å²) in [7, 11) is 0. The van der Waals surface area contributed by atoms with E-state index in [1.54, 1.807) is 4.90 Å². The highest BCUT2D eigenvalue weighted by Gasteiger charge is 2.45. The second kappa shape index (κ2) is 9.48. The standard InChI is InChI=1S/C26H32F3N5O3S/c1-24(2,37)13-31-21(35)22-32-19(23(36)34-14-5-6-15(34)8-7-14)20(38-22)16-12-30-18(11-17(16)26(27,28)29)33-25(3)9-4-10-25/h11-12,14-15,37H,4-10,13H2,1-3H3,(H,30,33)(H,31,35)/t14-,15-. The number of aromatic nitrogens is 2. The maximum Gasteiger partial charge on any atom is 0.417 e. The third kappa shape index (κ3) is 5.25. The molecule has 3 aliphatic rings. The van der Waals surface area contributed by atoms with Crippen molar-refractivity contribution < 1.29 is 27.9 Å². The number of nitrogens with one attached hydrogen (secondary N) is 2. The van der Waals surface area contributed by atoms with E-state index in [-0.39, 0.29) is 51.1 Å². The van der Waals surface area contributed by atoms with Crippen molar-refractivity contribution in [2.75, 3.05) is 11.9 Å². The molecule has 0 unspecified atom stereocenters. The minimum Gasteiger partial charge on any atom is -0.389 e. The number of anilines is 1. The van der Waals surface area contributed by atoms with E-state index in [0.29, 0.717) is 0 Å². The van der Waals surface area contributed by atoms with Gasteiger partial charge in [0.05, 0.1) is 16.0 Å². The van der Waals surface area contributed by atoms with Gasteiger partial charge in [-0.05, 0) is 71.8 Å². The second-order valence-corrected chi connectivity index (χ2v) is 12.5. The zero-order valence-electron chi connectivity index (χ0n) is 21.6. The lowest BCUT2D eigenvalue weighted by Gasteiger charge is -2.39. The molecule has 3 fully saturated rings. The van der Waals surface area contributed by atoms with Gasteiger partial charge in [-0.1, -0.05) is 0 Å². The van der Waals surface area contributed by atoms with Crippen LogP contribution in [0.15, 0.2) is 12.3 Å². The summed E-state index contributed by atoms with van der Waals surface area (Å²) in [5.41, 5.74) is -2.89. The number of pyridine rings is 1. The number of amides is 2. The Labute approximate surface area is 223 Å². The first-order valence-corrected chi connectivity index (χ1v) is 13.8. The zero-order chi connectivity index (χ0) is 27.5. The molecule has 38 heavy (non-hydrogen) atoms. The molecule has 12 heteroatoms. The molecule has 2 saturated heterocycles. The monoisotopic (exact) mass is 551 g/mol. The molecule has 8 nitrogen and oxygen atoms in total. The Morgan fingerprint density at radius 2 is 1.82 bits per heavy atom. The van der Waals surface area contributed by atoms with Crippen molar-refractivity contribution in [3.05, 3.63) is 28.5 Å². The van der Waals surface area contributed by atoms with Gasteiger partial charge in [-0.2, -0.15) is 13.2 Å². The van der Waals surface area contributed by atoms with E-state index in [9.17, 15) is 27.9 Å². The molecule has 0 spiro atoms. The number of nitrogens with zero attached hydrogens (tertiary/aromatic N) is 3. The molecule has 1 aliphatic carbocycles. The van der Waals surface area contributed by atoms with Gasteiger partial charge in [-0.3, -0.25) is 9.59 Å². The molecule has 2 aliphatic heterocycles. The molecule has 2 aromatic heterocycles. The molecule has 5 rings (SSSR count). The van der Waals surface area contributed by atoms with Crippen LogP contribution < -0.4 is 10.6 Å². The van der Waals surface area contributed by atoms with Gasteiger partial charge in [0.2, 0.25) is 0 Å². The van der Waals surface area contributed by atoms with Crippen LogP contribution >= 0.6 is 11.3 Å². The van der Waals surface area contributed by atoms with E-state index < -0.39 is 29.2 Å². The van der Waals surface area contributed by atoms with Crippen molar-refractivity contribution in [1.82, 2.24) is 20.2 Å². The molecule has 2 amide bonds. The average Bonchev–Trinajstić information content (AvgIpc) is 3.54. The lowest BCUT2D eigenvalue weighted by Crippen LogP contribution is -2.41. The van der Waals surface area contributed by atoms with Gasteiger partial charge < -0.3 is 20.6 Å². The summed E-state index contributed by atoms with van der Waals surface area (Å²) in [6.45, 7) is 4.89. The lowest BCUT2D eigenvalue weighted by molar-refractivity contribution is -0.137. The van der Waals surface area contributed by atoms with Gasteiger partial charge in [0, 0.05) is 35.9 Å². The van der Waals surface area contributed by atoms with Gasteiger partial charge >= 0.3 is 6.18 Å². The fraction of sp³-hybridized carbons (Fsp3) is 0.615. The Morgan fingerprint density at radius 3 is 2.34 bits per heavy atom. The topological polar surface area (TPSA) is 107 Å². The molecule has 0 aromatic carbocycles. The largest absolute Gasteiger partial charge is 0.417 e. The van der Waals surface area contributed by atoms with Crippen molar-refractivity contribution in [1.29, 1.82) is 0 Å². The maximum absolute atomic E-state index is 14.4. The van der Waals surface area contributed by atoms with Crippen molar-refractivity contribution in [3.63, 3.8) is 0 Å². The molecule has 2 aromatic rings. The number of aliphatic hydroxyl groups is 1. The average molecular weight is 552 g/mol. The molecule has 0 radical (unpaired) electrons. The van der Waals surface area contributed by atoms with E-state index in [1.807, 2.05) is 6.92 Å². The molecule has 2 bridgehead atoms. The number of thiazole rings is 1. The molecule has 3 N–H and O–H groups in total. The number of rotatable bonds is 7. The first kappa shape index (κ1) is 26.9. The number of fused-ring (bicyclic) bond motifs is 2. The van der Waals surface area contributed by atoms with Crippen LogP contribution in [0.2, 0.25) is 0 Å². The van der Waals surface area contributed by atoms with Crippen LogP contribution in [0.25, 0.3) is 10.4 Å². The molecule has 0 atom stereocenters. The van der Waals surface area contributed by atoms with Crippen LogP contribution in [-0.4, -0.2) is 61.6 Å². The van der Waals surface area contributed by atoms with Crippen LogP contribution in [0, 0.1) is 0 Å². The lowest BCUT2D eigenvalue weighted by atomic mass is 9.78. The van der Waals surface area contributed by atoms with Crippen molar-refractivity contribution in [3.8, 4) is 10.4 Å². The number of hydrogen-bond acceptors (Lipinski definition) is 7. The molecule has 1 saturated carbocycles. The summed E-state index contributed by atoms with van der Waals surface area (Å²) < 4.78 is 43.1. The summed E-state index contributed by atoms with van der Waals surface area (Å²) in [6, 6.07) is 1.04. The van der Waals surface area contributed by atoms with Gasteiger partial charge in [0.25, 0.3) is 11.8 Å². The first-order valence-electron chi connectivity index (χ1n) is 12.9. The number of carbonyl (C=O) groups excluding carboxylic acids is 2. The third-order valence-electron chi connectivity index (χ3n) is 7.73. The smallest absolute Gasteiger partial charge is 0.389 e. The number of hydrogen-bond donors (Lipinski definition) is 3. The minimum atomic E-state index is -4.73. The highest BCUT2D eigenvalue weighted by atomic mass is 32.1. The van der Waals surface area contributed by atoms with Crippen LogP contribution in [0.4, 0.5) is 19.0 Å². The van der Waals surface area contributed by atoms with Gasteiger partial charge in [-0.15, -0.1) is 11.3 Å². The van der Waals surface area contributed by atoms with E-state index in [1.165, 1.54) is 13.8 Å². The number of alkyl halides is 3. The van der Waals surface area contributed by atoms with E-state index >= 15 is 0 Å². The summed E-state index contributed by atoms with van der Waals surface area (Å²) >= 11 is 0.734. The van der Waals surface area contributed by atoms with Crippen molar-refractivity contribution in [2.45, 2.75) is 95.1 Å². The maximum atomic E-state index is 14.4. The summed E-state index contributed by atoms with van der Waals surface area (Å²) in [4.78, 5) is 36.8. The highest BCUT2D eigenvalue weighted by Crippen LogP contribution is 2.44. The normalized spacial score (nSPS) is 22.3. The zero-order valence-corrected chi connectivity index (χ0v) is 22.4. The van der Waals surface area contributed by atoms with Crippen LogP contribution in [0.3, 0.4) is 0 Å². The van der Waals surface area contributed by atoms with Crippen molar-refractivity contribution in [2.24, 2.45) is 0 Å². The van der Waals surface area contributed by atoms with Crippen LogP contribution in [0.5, 0.6) is 0 Å². The van der Waals surface area contributed by atoms with E-state index in [2.05, 4.69) is 20.6 Å². The Kier molecular flexibility index (Phi) is 6.70. The van der Waals surface area contributed by atoms with Crippen LogP contribution in [-0.2, 0) is 6.18 Å². The van der Waals surface area contributed by atoms with Gasteiger partial charge in [0.15, 0.2) is 5.01 Å². The van der Waals surface area contributed by atoms with Crippen LogP contribution in [0.1, 0.15) is 91.6 Å². The highest BCUT2D eigenvalue weighted by molar-refractivity contribution is 7.17. The summed E-state index contributed by atoms with van der Waals surface area (Å²) in [5, 5.41) is 15.5. The Morgan fingerprint density at radius 1 is 1.18 bits per heavy atom. The molecule has 206 valence electrons. The first-order chi connectivity index (χ1) is 17.7. The van der Waals surface area contributed by atoms with Gasteiger partial charge in [-0.25, -0.2) is 9.97 Å². The predicted octanol–water partition coefficient (Wildman–Crippen LogP) is 4.85. The Balaban J connectivity index is 1.56. The summed E-state index contributed by atoms with van der Waals surface area (Å²) in [5.74, 6) is -1.01. The van der Waals surface area contributed by atoms with Gasteiger partial charge in [0.1, 0.15) is 11.5 Å². The fourth-order valence-corrected chi connectivity index (χ4v) is 6.56. The molecule has 4 heterocycles. The minimum absolute atomic E-state index is 0.0315. The predicted molar refractivity (Wildman–Crippen MR) is 137 cm³/mol. The third-order valence-corrected chi connectivity index (χ3v) is 8.82. The van der Waals surface area contributed by atoms with Crippen molar-refractivity contribution >= 4 is 29.0 Å². The Bertz CT molecular complexity index is 1230. The quantitative estimate of drug-likeness (QED) is 0.454.